The molecular weight excluding hydrogens is 372 g/mol. The number of ether oxygens (including phenoxy) is 2. The Kier molecular flexibility index (Phi) is 5.25. The Bertz CT molecular complexity index is 897. The SMILES string of the molecule is CCc1ccc(N2C[C@](O)(c3ccc(OC)c(OC)c3)[N+]3=C2SCCC3)cc1. The van der Waals surface area contributed by atoms with E-state index < -0.39 is 5.72 Å². The van der Waals surface area contributed by atoms with E-state index in [1.165, 1.54) is 5.56 Å². The van der Waals surface area contributed by atoms with Gasteiger partial charge in [-0.25, -0.2) is 9.48 Å². The first-order valence-corrected chi connectivity index (χ1v) is 10.7. The molecule has 148 valence electrons. The molecule has 0 bridgehead atoms. The molecule has 2 aliphatic rings. The number of benzene rings is 2. The fraction of sp³-hybridized carbons (Fsp3) is 0.409. The molecule has 0 fully saturated rings. The van der Waals surface area contributed by atoms with E-state index in [9.17, 15) is 5.11 Å². The average Bonchev–Trinajstić information content (AvgIpc) is 3.07. The molecule has 4 rings (SSSR count). The van der Waals surface area contributed by atoms with Crippen molar-refractivity contribution in [3.63, 3.8) is 0 Å². The van der Waals surface area contributed by atoms with Crippen LogP contribution in [0.2, 0.25) is 0 Å². The molecule has 0 radical (unpaired) electrons. The fourth-order valence-electron chi connectivity index (χ4n) is 3.95. The summed E-state index contributed by atoms with van der Waals surface area (Å²) in [6.07, 6.45) is 2.07. The molecule has 2 aromatic carbocycles. The van der Waals surface area contributed by atoms with Crippen LogP contribution in [0.3, 0.4) is 0 Å². The topological polar surface area (TPSA) is 44.9 Å². The molecule has 5 nitrogen and oxygen atoms in total. The lowest BCUT2D eigenvalue weighted by atomic mass is 10.0. The summed E-state index contributed by atoms with van der Waals surface area (Å²) in [7, 11) is 3.24. The Morgan fingerprint density at radius 1 is 1.11 bits per heavy atom. The highest BCUT2D eigenvalue weighted by Gasteiger charge is 2.53. The van der Waals surface area contributed by atoms with Crippen molar-refractivity contribution in [1.29, 1.82) is 0 Å². The molecule has 0 saturated heterocycles. The smallest absolute Gasteiger partial charge is 0.316 e. The molecule has 0 spiro atoms. The summed E-state index contributed by atoms with van der Waals surface area (Å²) in [5.41, 5.74) is 2.14. The van der Waals surface area contributed by atoms with Crippen LogP contribution in [0.25, 0.3) is 0 Å². The highest BCUT2D eigenvalue weighted by atomic mass is 32.2. The van der Waals surface area contributed by atoms with Gasteiger partial charge < -0.3 is 14.6 Å². The van der Waals surface area contributed by atoms with Gasteiger partial charge >= 0.3 is 5.17 Å². The number of hydrogen-bond donors (Lipinski definition) is 1. The van der Waals surface area contributed by atoms with Crippen LogP contribution >= 0.6 is 11.8 Å². The van der Waals surface area contributed by atoms with E-state index in [0.717, 1.165) is 41.6 Å². The number of anilines is 1. The van der Waals surface area contributed by atoms with Crippen molar-refractivity contribution < 1.29 is 19.2 Å². The lowest BCUT2D eigenvalue weighted by Crippen LogP contribution is -2.41. The number of nitrogens with zero attached hydrogens (tertiary/aromatic N) is 2. The van der Waals surface area contributed by atoms with Gasteiger partial charge in [-0.15, -0.1) is 0 Å². The lowest BCUT2D eigenvalue weighted by Gasteiger charge is -2.25. The maximum atomic E-state index is 11.8. The minimum atomic E-state index is -1.11. The van der Waals surface area contributed by atoms with Crippen LogP contribution < -0.4 is 14.4 Å². The number of β-amino-alcohol motifs (C(OH)–C–C–N with tert-alkyl or cyclic N) is 1. The molecule has 2 aromatic rings. The highest BCUT2D eigenvalue weighted by molar-refractivity contribution is 8.13. The van der Waals surface area contributed by atoms with Crippen LogP contribution in [-0.2, 0) is 12.1 Å². The van der Waals surface area contributed by atoms with Crippen LogP contribution in [0, 0.1) is 0 Å². The number of aryl methyl sites for hydroxylation is 1. The zero-order valence-corrected chi connectivity index (χ0v) is 17.5. The van der Waals surface area contributed by atoms with Gasteiger partial charge in [0.25, 0.3) is 5.72 Å². The first-order valence-electron chi connectivity index (χ1n) is 9.69. The number of thioether (sulfide) groups is 1. The van der Waals surface area contributed by atoms with Gasteiger partial charge in [0.05, 0.1) is 20.8 Å². The monoisotopic (exact) mass is 399 g/mol. The minimum Gasteiger partial charge on any atom is -0.493 e. The van der Waals surface area contributed by atoms with Gasteiger partial charge in [0.15, 0.2) is 18.0 Å². The number of methoxy groups -OCH3 is 2. The molecule has 1 atom stereocenters. The summed E-state index contributed by atoms with van der Waals surface area (Å²) >= 11 is 1.81. The van der Waals surface area contributed by atoms with E-state index in [1.54, 1.807) is 14.2 Å². The zero-order chi connectivity index (χ0) is 19.7. The maximum Gasteiger partial charge on any atom is 0.316 e. The van der Waals surface area contributed by atoms with Crippen molar-refractivity contribution in [1.82, 2.24) is 0 Å². The van der Waals surface area contributed by atoms with Crippen molar-refractivity contribution in [3.8, 4) is 11.5 Å². The third kappa shape index (κ3) is 3.14. The molecule has 0 aliphatic carbocycles. The third-order valence-electron chi connectivity index (χ3n) is 5.55. The van der Waals surface area contributed by atoms with Crippen LogP contribution in [0.4, 0.5) is 5.69 Å². The quantitative estimate of drug-likeness (QED) is 0.781. The summed E-state index contributed by atoms with van der Waals surface area (Å²) in [5, 5.41) is 12.9. The zero-order valence-electron chi connectivity index (χ0n) is 16.6. The molecule has 2 aliphatic heterocycles. The van der Waals surface area contributed by atoms with Gasteiger partial charge in [-0.2, -0.15) is 0 Å². The van der Waals surface area contributed by atoms with Crippen molar-refractivity contribution in [2.45, 2.75) is 25.5 Å². The van der Waals surface area contributed by atoms with Gasteiger partial charge in [-0.1, -0.05) is 19.1 Å². The minimum absolute atomic E-state index is 0.482. The first kappa shape index (κ1) is 19.2. The molecule has 6 heteroatoms. The Balaban J connectivity index is 1.76. The van der Waals surface area contributed by atoms with E-state index in [-0.39, 0.29) is 0 Å². The maximum absolute atomic E-state index is 11.8. The van der Waals surface area contributed by atoms with E-state index in [0.29, 0.717) is 18.0 Å². The first-order chi connectivity index (χ1) is 13.6. The largest absolute Gasteiger partial charge is 0.493 e. The number of hydrogen-bond acceptors (Lipinski definition) is 5. The molecule has 0 aromatic heterocycles. The van der Waals surface area contributed by atoms with Gasteiger partial charge in [-0.05, 0) is 60.5 Å². The average molecular weight is 400 g/mol. The Hall–Kier alpha value is -2.18. The molecule has 0 saturated carbocycles. The molecule has 0 unspecified atom stereocenters. The third-order valence-corrected chi connectivity index (χ3v) is 6.74. The van der Waals surface area contributed by atoms with Crippen molar-refractivity contribution in [2.75, 3.05) is 38.0 Å². The summed E-state index contributed by atoms with van der Waals surface area (Å²) in [6.45, 7) is 3.47. The molecule has 0 amide bonds. The highest BCUT2D eigenvalue weighted by Crippen LogP contribution is 2.40. The second-order valence-electron chi connectivity index (χ2n) is 7.13. The van der Waals surface area contributed by atoms with Crippen LogP contribution in [0.1, 0.15) is 24.5 Å². The molecule has 2 heterocycles. The number of aliphatic hydroxyl groups is 1. The Morgan fingerprint density at radius 2 is 1.86 bits per heavy atom. The van der Waals surface area contributed by atoms with E-state index in [2.05, 4.69) is 40.7 Å². The van der Waals surface area contributed by atoms with E-state index >= 15 is 0 Å². The molecular formula is C22H27N2O3S+. The second-order valence-corrected chi connectivity index (χ2v) is 8.19. The van der Waals surface area contributed by atoms with Crippen LogP contribution in [0.15, 0.2) is 42.5 Å². The summed E-state index contributed by atoms with van der Waals surface area (Å²) in [6, 6.07) is 14.3. The second kappa shape index (κ2) is 7.68. The van der Waals surface area contributed by atoms with Gasteiger partial charge in [-0.3, -0.25) is 0 Å². The van der Waals surface area contributed by atoms with Gasteiger partial charge in [0.2, 0.25) is 0 Å². The number of rotatable bonds is 5. The predicted octanol–water partition coefficient (Wildman–Crippen LogP) is 3.44. The lowest BCUT2D eigenvalue weighted by molar-refractivity contribution is -0.656. The summed E-state index contributed by atoms with van der Waals surface area (Å²) < 4.78 is 13.0. The van der Waals surface area contributed by atoms with Crippen molar-refractivity contribution >= 4 is 22.6 Å². The summed E-state index contributed by atoms with van der Waals surface area (Å²) in [5.74, 6) is 2.36. The predicted molar refractivity (Wildman–Crippen MR) is 114 cm³/mol. The van der Waals surface area contributed by atoms with Crippen molar-refractivity contribution in [2.24, 2.45) is 0 Å². The van der Waals surface area contributed by atoms with Gasteiger partial charge in [0, 0.05) is 11.3 Å². The van der Waals surface area contributed by atoms with E-state index in [4.69, 9.17) is 9.47 Å². The Morgan fingerprint density at radius 3 is 2.54 bits per heavy atom. The molecule has 1 N–H and O–H groups in total. The Labute approximate surface area is 170 Å². The van der Waals surface area contributed by atoms with Crippen LogP contribution in [0.5, 0.6) is 11.5 Å². The van der Waals surface area contributed by atoms with Crippen LogP contribution in [-0.4, -0.2) is 47.9 Å². The number of amidine groups is 1. The van der Waals surface area contributed by atoms with Crippen molar-refractivity contribution in [3.05, 3.63) is 53.6 Å². The fourth-order valence-corrected chi connectivity index (χ4v) is 5.13. The van der Waals surface area contributed by atoms with Gasteiger partial charge in [0.1, 0.15) is 5.69 Å². The molecule has 28 heavy (non-hydrogen) atoms. The standard InChI is InChI=1S/C22H27N2O3S/c1-4-16-6-9-18(10-7-16)23-15-22(25,24-12-5-13-28-21(23)24)17-8-11-19(26-2)20(14-17)27-3/h6-11,14,25H,4-5,12-13,15H2,1-3H3/q+1/t22-/m0/s1. The van der Waals surface area contributed by atoms with E-state index in [1.807, 2.05) is 30.0 Å². The summed E-state index contributed by atoms with van der Waals surface area (Å²) in [4.78, 5) is 2.24. The normalized spacial score (nSPS) is 21.6.